The predicted octanol–water partition coefficient (Wildman–Crippen LogP) is 2.29. The van der Waals surface area contributed by atoms with Gasteiger partial charge in [-0.3, -0.25) is 4.79 Å². The maximum Gasteiger partial charge on any atom is 0.316 e. The van der Waals surface area contributed by atoms with E-state index in [2.05, 4.69) is 4.98 Å². The highest BCUT2D eigenvalue weighted by Crippen LogP contribution is 2.29. The molecule has 1 rings (SSSR count). The van der Waals surface area contributed by atoms with Crippen LogP contribution in [0.5, 0.6) is 0 Å². The van der Waals surface area contributed by atoms with Gasteiger partial charge in [0.15, 0.2) is 0 Å². The molecule has 0 aliphatic carbocycles. The quantitative estimate of drug-likeness (QED) is 0.723. The first-order valence-corrected chi connectivity index (χ1v) is 5.40. The number of hydrogen-bond donors (Lipinski definition) is 0. The summed E-state index contributed by atoms with van der Waals surface area (Å²) in [6.45, 7) is 7.87. The van der Waals surface area contributed by atoms with Crippen molar-refractivity contribution in [3.8, 4) is 0 Å². The third kappa shape index (κ3) is 2.12. The Kier molecular flexibility index (Phi) is 3.26. The van der Waals surface area contributed by atoms with Gasteiger partial charge in [0.2, 0.25) is 0 Å². The second-order valence-electron chi connectivity index (χ2n) is 3.59. The maximum absolute atomic E-state index is 11.6. The van der Waals surface area contributed by atoms with Gasteiger partial charge in [-0.25, -0.2) is 4.98 Å². The standard InChI is InChI=1S/C10H15NO2S/c1-5-13-9(12)10(3,4)8-6-11-7(2)14-8/h6H,5H2,1-4H3. The van der Waals surface area contributed by atoms with Crippen molar-refractivity contribution in [2.45, 2.75) is 33.1 Å². The number of nitrogens with zero attached hydrogens (tertiary/aromatic N) is 1. The monoisotopic (exact) mass is 213 g/mol. The van der Waals surface area contributed by atoms with Gasteiger partial charge in [-0.15, -0.1) is 11.3 Å². The molecule has 1 aromatic rings. The van der Waals surface area contributed by atoms with E-state index in [1.54, 1.807) is 6.20 Å². The molecule has 0 saturated carbocycles. The van der Waals surface area contributed by atoms with E-state index in [1.165, 1.54) is 11.3 Å². The lowest BCUT2D eigenvalue weighted by atomic mass is 9.92. The van der Waals surface area contributed by atoms with Crippen LogP contribution in [0.25, 0.3) is 0 Å². The van der Waals surface area contributed by atoms with Crippen molar-refractivity contribution in [2.24, 2.45) is 0 Å². The lowest BCUT2D eigenvalue weighted by Crippen LogP contribution is -2.30. The molecule has 0 fully saturated rings. The third-order valence-electron chi connectivity index (χ3n) is 2.02. The number of esters is 1. The first kappa shape index (κ1) is 11.2. The van der Waals surface area contributed by atoms with Gasteiger partial charge >= 0.3 is 5.97 Å². The van der Waals surface area contributed by atoms with Crippen LogP contribution in [0.3, 0.4) is 0 Å². The molecule has 0 unspecified atom stereocenters. The van der Waals surface area contributed by atoms with E-state index in [-0.39, 0.29) is 5.97 Å². The Hall–Kier alpha value is -0.900. The summed E-state index contributed by atoms with van der Waals surface area (Å²) in [4.78, 5) is 16.7. The highest BCUT2D eigenvalue weighted by atomic mass is 32.1. The van der Waals surface area contributed by atoms with Gasteiger partial charge in [-0.1, -0.05) is 0 Å². The summed E-state index contributed by atoms with van der Waals surface area (Å²) in [5, 5.41) is 0.970. The number of aromatic nitrogens is 1. The van der Waals surface area contributed by atoms with Gasteiger partial charge < -0.3 is 4.74 Å². The molecule has 14 heavy (non-hydrogen) atoms. The molecule has 3 nitrogen and oxygen atoms in total. The number of aryl methyl sites for hydroxylation is 1. The molecule has 0 atom stereocenters. The average Bonchev–Trinajstić information content (AvgIpc) is 2.52. The van der Waals surface area contributed by atoms with Crippen LogP contribution in [0.4, 0.5) is 0 Å². The molecule has 0 saturated heterocycles. The Morgan fingerprint density at radius 2 is 2.29 bits per heavy atom. The van der Waals surface area contributed by atoms with Crippen molar-refractivity contribution in [1.29, 1.82) is 0 Å². The highest BCUT2D eigenvalue weighted by molar-refractivity contribution is 7.11. The van der Waals surface area contributed by atoms with Crippen molar-refractivity contribution in [1.82, 2.24) is 4.98 Å². The van der Waals surface area contributed by atoms with Crippen molar-refractivity contribution in [3.63, 3.8) is 0 Å². The minimum absolute atomic E-state index is 0.191. The van der Waals surface area contributed by atoms with Crippen LogP contribution in [-0.2, 0) is 14.9 Å². The second-order valence-corrected chi connectivity index (χ2v) is 4.82. The van der Waals surface area contributed by atoms with Crippen molar-refractivity contribution in [2.75, 3.05) is 6.61 Å². The summed E-state index contributed by atoms with van der Waals surface area (Å²) in [5.74, 6) is -0.191. The Morgan fingerprint density at radius 1 is 1.64 bits per heavy atom. The SMILES string of the molecule is CCOC(=O)C(C)(C)c1cnc(C)s1. The minimum Gasteiger partial charge on any atom is -0.465 e. The van der Waals surface area contributed by atoms with Crippen LogP contribution in [0.1, 0.15) is 30.7 Å². The molecule has 1 heterocycles. The molecule has 1 aromatic heterocycles. The molecule has 0 aliphatic rings. The van der Waals surface area contributed by atoms with E-state index < -0.39 is 5.41 Å². The number of ether oxygens (including phenoxy) is 1. The zero-order chi connectivity index (χ0) is 10.8. The van der Waals surface area contributed by atoms with Crippen LogP contribution in [-0.4, -0.2) is 17.6 Å². The normalized spacial score (nSPS) is 11.4. The molecule has 0 amide bonds. The summed E-state index contributed by atoms with van der Waals surface area (Å²) in [7, 11) is 0. The number of carbonyl (C=O) groups is 1. The summed E-state index contributed by atoms with van der Waals surface area (Å²) < 4.78 is 5.01. The van der Waals surface area contributed by atoms with Crippen LogP contribution >= 0.6 is 11.3 Å². The van der Waals surface area contributed by atoms with Crippen LogP contribution in [0.15, 0.2) is 6.20 Å². The van der Waals surface area contributed by atoms with Crippen LogP contribution in [0, 0.1) is 6.92 Å². The number of rotatable bonds is 3. The minimum atomic E-state index is -0.581. The summed E-state index contributed by atoms with van der Waals surface area (Å²) in [6.07, 6.45) is 1.75. The molecule has 0 aliphatic heterocycles. The van der Waals surface area contributed by atoms with Crippen LogP contribution < -0.4 is 0 Å². The van der Waals surface area contributed by atoms with E-state index in [0.29, 0.717) is 6.61 Å². The largest absolute Gasteiger partial charge is 0.465 e. The molecule has 0 aromatic carbocycles. The number of hydrogen-bond acceptors (Lipinski definition) is 4. The highest BCUT2D eigenvalue weighted by Gasteiger charge is 2.33. The van der Waals surface area contributed by atoms with Gasteiger partial charge in [0.25, 0.3) is 0 Å². The Bertz CT molecular complexity index is 331. The van der Waals surface area contributed by atoms with Crippen LogP contribution in [0.2, 0.25) is 0 Å². The fourth-order valence-electron chi connectivity index (χ4n) is 1.06. The number of carbonyl (C=O) groups excluding carboxylic acids is 1. The van der Waals surface area contributed by atoms with Gasteiger partial charge in [-0.2, -0.15) is 0 Å². The average molecular weight is 213 g/mol. The summed E-state index contributed by atoms with van der Waals surface area (Å²) >= 11 is 1.54. The predicted molar refractivity (Wildman–Crippen MR) is 56.5 cm³/mol. The lowest BCUT2D eigenvalue weighted by molar-refractivity contribution is -0.148. The molecular formula is C10H15NO2S. The number of thiazole rings is 1. The van der Waals surface area contributed by atoms with Gasteiger partial charge in [0.05, 0.1) is 17.0 Å². The van der Waals surface area contributed by atoms with E-state index in [4.69, 9.17) is 4.74 Å². The first-order valence-electron chi connectivity index (χ1n) is 4.58. The third-order valence-corrected chi connectivity index (χ3v) is 3.26. The van der Waals surface area contributed by atoms with Gasteiger partial charge in [0.1, 0.15) is 0 Å². The Morgan fingerprint density at radius 3 is 2.71 bits per heavy atom. The van der Waals surface area contributed by atoms with Crippen molar-refractivity contribution >= 4 is 17.3 Å². The summed E-state index contributed by atoms with van der Waals surface area (Å²) in [6, 6.07) is 0. The van der Waals surface area contributed by atoms with E-state index >= 15 is 0 Å². The molecule has 0 bridgehead atoms. The molecular weight excluding hydrogens is 198 g/mol. The molecule has 0 spiro atoms. The second kappa shape index (κ2) is 4.09. The van der Waals surface area contributed by atoms with Crippen molar-refractivity contribution < 1.29 is 9.53 Å². The molecule has 0 N–H and O–H groups in total. The molecule has 78 valence electrons. The Labute approximate surface area is 88.1 Å². The smallest absolute Gasteiger partial charge is 0.316 e. The first-order chi connectivity index (χ1) is 6.48. The van der Waals surface area contributed by atoms with Gasteiger partial charge in [-0.05, 0) is 27.7 Å². The van der Waals surface area contributed by atoms with E-state index in [9.17, 15) is 4.79 Å². The Balaban J connectivity index is 2.89. The maximum atomic E-state index is 11.6. The van der Waals surface area contributed by atoms with Crippen molar-refractivity contribution in [3.05, 3.63) is 16.1 Å². The lowest BCUT2D eigenvalue weighted by Gasteiger charge is -2.19. The zero-order valence-corrected chi connectivity index (χ0v) is 9.77. The van der Waals surface area contributed by atoms with E-state index in [0.717, 1.165) is 9.88 Å². The topological polar surface area (TPSA) is 39.2 Å². The molecule has 4 heteroatoms. The zero-order valence-electron chi connectivity index (χ0n) is 8.96. The summed E-state index contributed by atoms with van der Waals surface area (Å²) in [5.41, 5.74) is -0.581. The fourth-order valence-corrected chi connectivity index (χ4v) is 1.93. The molecule has 0 radical (unpaired) electrons. The fraction of sp³-hybridized carbons (Fsp3) is 0.600. The van der Waals surface area contributed by atoms with Gasteiger partial charge in [0, 0.05) is 11.1 Å². The van der Waals surface area contributed by atoms with E-state index in [1.807, 2.05) is 27.7 Å².